The van der Waals surface area contributed by atoms with Crippen molar-refractivity contribution in [1.29, 1.82) is 0 Å². The number of hydrogen-bond acceptors (Lipinski definition) is 2. The fourth-order valence-corrected chi connectivity index (χ4v) is 2.40. The zero-order valence-corrected chi connectivity index (χ0v) is 11.4. The molecule has 20 heavy (non-hydrogen) atoms. The molecule has 0 spiro atoms. The number of benzene rings is 1. The predicted octanol–water partition coefficient (Wildman–Crippen LogP) is 2.56. The van der Waals surface area contributed by atoms with E-state index in [0.717, 1.165) is 12.1 Å². The second-order valence-corrected chi connectivity index (χ2v) is 5.50. The number of carbonyl (C=O) groups is 2. The molecule has 1 saturated heterocycles. The summed E-state index contributed by atoms with van der Waals surface area (Å²) in [5.41, 5.74) is -1.19. The summed E-state index contributed by atoms with van der Waals surface area (Å²) in [4.78, 5) is 24.6. The zero-order chi connectivity index (χ0) is 15.1. The molecule has 0 saturated carbocycles. The van der Waals surface area contributed by atoms with Gasteiger partial charge in [0.2, 0.25) is 0 Å². The highest BCUT2D eigenvalue weighted by atomic mass is 35.5. The Labute approximate surface area is 118 Å². The van der Waals surface area contributed by atoms with Crippen molar-refractivity contribution in [2.24, 2.45) is 5.41 Å². The molecule has 0 aromatic heterocycles. The van der Waals surface area contributed by atoms with Crippen LogP contribution in [0.1, 0.15) is 23.7 Å². The molecule has 1 aliphatic rings. The van der Waals surface area contributed by atoms with Crippen molar-refractivity contribution in [3.05, 3.63) is 34.4 Å². The average molecular weight is 304 g/mol. The monoisotopic (exact) mass is 303 g/mol. The van der Waals surface area contributed by atoms with Crippen molar-refractivity contribution in [3.8, 4) is 0 Å². The van der Waals surface area contributed by atoms with Crippen LogP contribution in [0.5, 0.6) is 0 Å². The molecule has 7 heteroatoms. The number of nitrogens with zero attached hydrogens (tertiary/aromatic N) is 1. The van der Waals surface area contributed by atoms with Gasteiger partial charge in [0.15, 0.2) is 11.6 Å². The molecule has 1 heterocycles. The van der Waals surface area contributed by atoms with Gasteiger partial charge in [-0.05, 0) is 25.5 Å². The average Bonchev–Trinajstić information content (AvgIpc) is 2.77. The third-order valence-corrected chi connectivity index (χ3v) is 3.83. The molecule has 4 nitrogen and oxygen atoms in total. The molecule has 2 rings (SSSR count). The van der Waals surface area contributed by atoms with E-state index in [9.17, 15) is 18.4 Å². The third-order valence-electron chi connectivity index (χ3n) is 3.52. The van der Waals surface area contributed by atoms with Crippen LogP contribution in [0.4, 0.5) is 8.78 Å². The predicted molar refractivity (Wildman–Crippen MR) is 67.6 cm³/mol. The smallest absolute Gasteiger partial charge is 0.311 e. The van der Waals surface area contributed by atoms with Gasteiger partial charge in [-0.2, -0.15) is 0 Å². The summed E-state index contributed by atoms with van der Waals surface area (Å²) in [5, 5.41) is 8.91. The van der Waals surface area contributed by atoms with Crippen LogP contribution < -0.4 is 0 Å². The quantitative estimate of drug-likeness (QED) is 0.854. The fourth-order valence-electron chi connectivity index (χ4n) is 2.17. The van der Waals surface area contributed by atoms with E-state index in [0.29, 0.717) is 6.42 Å². The van der Waals surface area contributed by atoms with Crippen LogP contribution >= 0.6 is 11.6 Å². The van der Waals surface area contributed by atoms with Gasteiger partial charge >= 0.3 is 5.97 Å². The molecule has 0 bridgehead atoms. The van der Waals surface area contributed by atoms with E-state index >= 15 is 0 Å². The second-order valence-electron chi connectivity index (χ2n) is 5.09. The molecule has 1 fully saturated rings. The van der Waals surface area contributed by atoms with Crippen molar-refractivity contribution in [3.63, 3.8) is 0 Å². The molecule has 0 aliphatic carbocycles. The van der Waals surface area contributed by atoms with Gasteiger partial charge in [-0.1, -0.05) is 11.6 Å². The first-order valence-electron chi connectivity index (χ1n) is 5.92. The maximum absolute atomic E-state index is 13.2. The van der Waals surface area contributed by atoms with Crippen molar-refractivity contribution in [2.75, 3.05) is 13.1 Å². The summed E-state index contributed by atoms with van der Waals surface area (Å²) in [5.74, 6) is -3.90. The molecule has 1 aliphatic heterocycles. The first kappa shape index (κ1) is 14.7. The second kappa shape index (κ2) is 5.01. The topological polar surface area (TPSA) is 57.6 Å². The van der Waals surface area contributed by atoms with E-state index in [-0.39, 0.29) is 23.7 Å². The normalized spacial score (nSPS) is 22.1. The number of hydrogen-bond donors (Lipinski definition) is 1. The van der Waals surface area contributed by atoms with E-state index in [4.69, 9.17) is 16.7 Å². The highest BCUT2D eigenvalue weighted by Crippen LogP contribution is 2.32. The minimum atomic E-state index is -1.17. The van der Waals surface area contributed by atoms with Crippen LogP contribution in [0, 0.1) is 17.0 Å². The number of carbonyl (C=O) groups excluding carboxylic acids is 1. The van der Waals surface area contributed by atoms with Crippen molar-refractivity contribution < 1.29 is 23.5 Å². The summed E-state index contributed by atoms with van der Waals surface area (Å²) in [6, 6.07) is 1.47. The Bertz CT molecular complexity index is 593. The van der Waals surface area contributed by atoms with Gasteiger partial charge in [0, 0.05) is 13.1 Å². The number of carboxylic acids is 1. The Morgan fingerprint density at radius 3 is 2.50 bits per heavy atom. The molecule has 1 aromatic rings. The zero-order valence-electron chi connectivity index (χ0n) is 10.6. The van der Waals surface area contributed by atoms with E-state index < -0.39 is 28.9 Å². The largest absolute Gasteiger partial charge is 0.481 e. The van der Waals surface area contributed by atoms with Gasteiger partial charge in [0.1, 0.15) is 0 Å². The van der Waals surface area contributed by atoms with Crippen molar-refractivity contribution in [1.82, 2.24) is 4.90 Å². The Kier molecular flexibility index (Phi) is 3.69. The van der Waals surface area contributed by atoms with Crippen molar-refractivity contribution >= 4 is 23.5 Å². The summed E-state index contributed by atoms with van der Waals surface area (Å²) >= 11 is 5.74. The van der Waals surface area contributed by atoms with E-state index in [1.165, 1.54) is 11.8 Å². The minimum Gasteiger partial charge on any atom is -0.481 e. The van der Waals surface area contributed by atoms with Crippen LogP contribution in [0.3, 0.4) is 0 Å². The Hall–Kier alpha value is -1.69. The Morgan fingerprint density at radius 2 is 1.95 bits per heavy atom. The van der Waals surface area contributed by atoms with Gasteiger partial charge in [-0.15, -0.1) is 0 Å². The standard InChI is InChI=1S/C13H12ClF2NO3/c1-13(12(19)20)2-3-17(6-13)11(18)7-4-9(15)10(16)5-8(7)14/h4-5H,2-3,6H2,1H3,(H,19,20). The van der Waals surface area contributed by atoms with E-state index in [1.807, 2.05) is 0 Å². The lowest BCUT2D eigenvalue weighted by Gasteiger charge is -2.20. The first-order chi connectivity index (χ1) is 9.24. The molecule has 1 aromatic carbocycles. The molecular weight excluding hydrogens is 292 g/mol. The molecule has 108 valence electrons. The molecular formula is C13H12ClF2NO3. The molecule has 1 atom stereocenters. The fraction of sp³-hybridized carbons (Fsp3) is 0.385. The third kappa shape index (κ3) is 2.47. The molecule has 1 N–H and O–H groups in total. The number of aliphatic carboxylic acids is 1. The number of amides is 1. The van der Waals surface area contributed by atoms with Crippen LogP contribution in [-0.4, -0.2) is 35.0 Å². The highest BCUT2D eigenvalue weighted by Gasteiger charge is 2.42. The summed E-state index contributed by atoms with van der Waals surface area (Å²) in [6.45, 7) is 1.78. The van der Waals surface area contributed by atoms with Crippen LogP contribution in [-0.2, 0) is 4.79 Å². The van der Waals surface area contributed by atoms with Crippen LogP contribution in [0.15, 0.2) is 12.1 Å². The highest BCUT2D eigenvalue weighted by molar-refractivity contribution is 6.33. The summed E-state index contributed by atoms with van der Waals surface area (Å²) < 4.78 is 26.2. The van der Waals surface area contributed by atoms with E-state index in [2.05, 4.69) is 0 Å². The Balaban J connectivity index is 2.26. The van der Waals surface area contributed by atoms with Crippen LogP contribution in [0.25, 0.3) is 0 Å². The first-order valence-corrected chi connectivity index (χ1v) is 6.29. The number of rotatable bonds is 2. The maximum atomic E-state index is 13.2. The molecule has 1 amide bonds. The lowest BCUT2D eigenvalue weighted by molar-refractivity contribution is -0.147. The maximum Gasteiger partial charge on any atom is 0.311 e. The van der Waals surface area contributed by atoms with Gasteiger partial charge in [0.25, 0.3) is 5.91 Å². The van der Waals surface area contributed by atoms with Gasteiger partial charge < -0.3 is 10.0 Å². The van der Waals surface area contributed by atoms with Crippen molar-refractivity contribution in [2.45, 2.75) is 13.3 Å². The van der Waals surface area contributed by atoms with Gasteiger partial charge in [-0.3, -0.25) is 9.59 Å². The number of likely N-dealkylation sites (tertiary alicyclic amines) is 1. The lowest BCUT2D eigenvalue weighted by Crippen LogP contribution is -2.35. The number of halogens is 3. The minimum absolute atomic E-state index is 0.0104. The van der Waals surface area contributed by atoms with E-state index in [1.54, 1.807) is 0 Å². The molecule has 1 unspecified atom stereocenters. The number of carboxylic acid groups (broad SMARTS) is 1. The Morgan fingerprint density at radius 1 is 1.35 bits per heavy atom. The lowest BCUT2D eigenvalue weighted by atomic mass is 9.90. The van der Waals surface area contributed by atoms with Gasteiger partial charge in [0.05, 0.1) is 16.0 Å². The SMILES string of the molecule is CC1(C(=O)O)CCN(C(=O)c2cc(F)c(F)cc2Cl)C1. The van der Waals surface area contributed by atoms with Crippen LogP contribution in [0.2, 0.25) is 5.02 Å². The summed E-state index contributed by atoms with van der Waals surface area (Å²) in [6.07, 6.45) is 0.301. The molecule has 0 radical (unpaired) electrons. The van der Waals surface area contributed by atoms with Gasteiger partial charge in [-0.25, -0.2) is 8.78 Å². The summed E-state index contributed by atoms with van der Waals surface area (Å²) in [7, 11) is 0.